The van der Waals surface area contributed by atoms with Gasteiger partial charge in [0.1, 0.15) is 5.75 Å². The van der Waals surface area contributed by atoms with E-state index < -0.39 is 0 Å². The number of likely N-dealkylation sites (tertiary alicyclic amines) is 1. The lowest BCUT2D eigenvalue weighted by Gasteiger charge is -2.40. The molecular weight excluding hydrogens is 408 g/mol. The molecule has 0 saturated carbocycles. The van der Waals surface area contributed by atoms with Gasteiger partial charge in [-0.1, -0.05) is 5.21 Å². The van der Waals surface area contributed by atoms with Crippen LogP contribution in [0.25, 0.3) is 5.69 Å². The van der Waals surface area contributed by atoms with Crippen molar-refractivity contribution in [1.29, 1.82) is 0 Å². The number of methoxy groups -OCH3 is 1. The standard InChI is InChI=1S/C20H26N6O3.ClH/c1-14-19(22-23-26(14)15-5-7-17(29-2)8-6-15)20(28)24-10-3-4-16(13-24)25-11-9-21-12-18(25)27;/h5-8,16,21H,3-4,9-13H2,1-2H3;1H. The van der Waals surface area contributed by atoms with Gasteiger partial charge in [0.05, 0.1) is 25.0 Å². The lowest BCUT2D eigenvalue weighted by Crippen LogP contribution is -2.57. The molecule has 2 amide bonds. The van der Waals surface area contributed by atoms with E-state index in [-0.39, 0.29) is 30.3 Å². The number of ether oxygens (including phenoxy) is 1. The normalized spacial score (nSPS) is 19.4. The van der Waals surface area contributed by atoms with E-state index in [9.17, 15) is 9.59 Å². The van der Waals surface area contributed by atoms with Crippen molar-refractivity contribution in [3.8, 4) is 11.4 Å². The number of aromatic nitrogens is 3. The monoisotopic (exact) mass is 434 g/mol. The molecule has 4 rings (SSSR count). The third-order valence-electron chi connectivity index (χ3n) is 5.66. The molecule has 1 unspecified atom stereocenters. The Morgan fingerprint density at radius 2 is 2.00 bits per heavy atom. The highest BCUT2D eigenvalue weighted by atomic mass is 35.5. The summed E-state index contributed by atoms with van der Waals surface area (Å²) >= 11 is 0. The Hall–Kier alpha value is -2.65. The van der Waals surface area contributed by atoms with E-state index in [0.717, 1.165) is 30.8 Å². The second-order valence-corrected chi connectivity index (χ2v) is 7.44. The van der Waals surface area contributed by atoms with Crippen molar-refractivity contribution in [3.05, 3.63) is 35.7 Å². The van der Waals surface area contributed by atoms with Crippen molar-refractivity contribution in [2.24, 2.45) is 0 Å². The number of carbonyl (C=O) groups is 2. The average molecular weight is 435 g/mol. The van der Waals surface area contributed by atoms with Crippen molar-refractivity contribution >= 4 is 24.2 Å². The number of nitrogens with one attached hydrogen (secondary N) is 1. The van der Waals surface area contributed by atoms with E-state index >= 15 is 0 Å². The molecule has 2 fully saturated rings. The van der Waals surface area contributed by atoms with Crippen LogP contribution in [-0.4, -0.2) is 82.5 Å². The Morgan fingerprint density at radius 1 is 1.23 bits per heavy atom. The van der Waals surface area contributed by atoms with Gasteiger partial charge in [0.2, 0.25) is 5.91 Å². The predicted octanol–water partition coefficient (Wildman–Crippen LogP) is 1.04. The van der Waals surface area contributed by atoms with Gasteiger partial charge < -0.3 is 19.9 Å². The Morgan fingerprint density at radius 3 is 2.70 bits per heavy atom. The SMILES string of the molecule is COc1ccc(-n2nnc(C(=O)N3CCCC(N4CCNCC4=O)C3)c2C)cc1.Cl. The molecule has 0 bridgehead atoms. The van der Waals surface area contributed by atoms with E-state index in [4.69, 9.17) is 4.74 Å². The zero-order valence-corrected chi connectivity index (χ0v) is 18.0. The van der Waals surface area contributed by atoms with Crippen LogP contribution in [0.4, 0.5) is 0 Å². The van der Waals surface area contributed by atoms with Crippen LogP contribution in [0.15, 0.2) is 24.3 Å². The Labute approximate surface area is 181 Å². The number of carbonyl (C=O) groups excluding carboxylic acids is 2. The van der Waals surface area contributed by atoms with Gasteiger partial charge in [-0.3, -0.25) is 9.59 Å². The molecule has 0 radical (unpaired) electrons. The van der Waals surface area contributed by atoms with Crippen LogP contribution in [0.5, 0.6) is 5.75 Å². The minimum absolute atomic E-state index is 0. The van der Waals surface area contributed by atoms with Crippen LogP contribution in [-0.2, 0) is 4.79 Å². The van der Waals surface area contributed by atoms with E-state index in [1.165, 1.54) is 0 Å². The molecule has 10 heteroatoms. The Kier molecular flexibility index (Phi) is 6.94. The summed E-state index contributed by atoms with van der Waals surface area (Å²) in [6.45, 7) is 4.92. The van der Waals surface area contributed by atoms with Crippen molar-refractivity contribution in [1.82, 2.24) is 30.1 Å². The minimum Gasteiger partial charge on any atom is -0.497 e. The number of hydrogen-bond donors (Lipinski definition) is 1. The summed E-state index contributed by atoms with van der Waals surface area (Å²) in [5.74, 6) is 0.733. The molecule has 0 spiro atoms. The maximum atomic E-state index is 13.1. The summed E-state index contributed by atoms with van der Waals surface area (Å²) in [4.78, 5) is 29.1. The highest BCUT2D eigenvalue weighted by molar-refractivity contribution is 5.93. The van der Waals surface area contributed by atoms with E-state index in [1.807, 2.05) is 36.1 Å². The first-order valence-electron chi connectivity index (χ1n) is 9.94. The molecule has 9 nitrogen and oxygen atoms in total. The molecule has 30 heavy (non-hydrogen) atoms. The fraction of sp³-hybridized carbons (Fsp3) is 0.500. The third kappa shape index (κ3) is 4.27. The molecule has 2 aliphatic rings. The summed E-state index contributed by atoms with van der Waals surface area (Å²) < 4.78 is 6.85. The zero-order chi connectivity index (χ0) is 20.4. The van der Waals surface area contributed by atoms with Crippen molar-refractivity contribution < 1.29 is 14.3 Å². The first kappa shape index (κ1) is 22.0. The molecule has 0 aliphatic carbocycles. The average Bonchev–Trinajstić information content (AvgIpc) is 3.15. The number of benzene rings is 1. The Balaban J connectivity index is 0.00000256. The van der Waals surface area contributed by atoms with Crippen LogP contribution >= 0.6 is 12.4 Å². The topological polar surface area (TPSA) is 92.6 Å². The van der Waals surface area contributed by atoms with Gasteiger partial charge >= 0.3 is 0 Å². The van der Waals surface area contributed by atoms with Gasteiger partial charge in [-0.05, 0) is 44.0 Å². The first-order valence-corrected chi connectivity index (χ1v) is 9.94. The predicted molar refractivity (Wildman–Crippen MR) is 113 cm³/mol. The molecule has 2 saturated heterocycles. The largest absolute Gasteiger partial charge is 0.497 e. The van der Waals surface area contributed by atoms with Gasteiger partial charge in [-0.2, -0.15) is 0 Å². The van der Waals surface area contributed by atoms with Crippen molar-refractivity contribution in [2.75, 3.05) is 39.8 Å². The highest BCUT2D eigenvalue weighted by Gasteiger charge is 2.33. The lowest BCUT2D eigenvalue weighted by atomic mass is 10.0. The number of rotatable bonds is 4. The van der Waals surface area contributed by atoms with Gasteiger partial charge in [-0.15, -0.1) is 17.5 Å². The smallest absolute Gasteiger partial charge is 0.276 e. The zero-order valence-electron chi connectivity index (χ0n) is 17.2. The van der Waals surface area contributed by atoms with Gasteiger partial charge in [-0.25, -0.2) is 4.68 Å². The molecule has 1 aromatic carbocycles. The number of hydrogen-bond acceptors (Lipinski definition) is 6. The van der Waals surface area contributed by atoms with E-state index in [1.54, 1.807) is 16.7 Å². The van der Waals surface area contributed by atoms with Crippen LogP contribution in [0.3, 0.4) is 0 Å². The molecule has 1 N–H and O–H groups in total. The van der Waals surface area contributed by atoms with Gasteiger partial charge in [0.15, 0.2) is 5.69 Å². The number of amides is 2. The quantitative estimate of drug-likeness (QED) is 0.773. The summed E-state index contributed by atoms with van der Waals surface area (Å²) in [5.41, 5.74) is 1.87. The molecule has 162 valence electrons. The molecule has 2 aliphatic heterocycles. The van der Waals surface area contributed by atoms with Gasteiger partial charge in [0.25, 0.3) is 5.91 Å². The van der Waals surface area contributed by atoms with E-state index in [0.29, 0.717) is 37.6 Å². The molecule has 1 atom stereocenters. The first-order chi connectivity index (χ1) is 14.1. The van der Waals surface area contributed by atoms with Crippen LogP contribution in [0.2, 0.25) is 0 Å². The fourth-order valence-electron chi connectivity index (χ4n) is 4.05. The van der Waals surface area contributed by atoms with Gasteiger partial charge in [0, 0.05) is 32.2 Å². The van der Waals surface area contributed by atoms with Crippen molar-refractivity contribution in [3.63, 3.8) is 0 Å². The summed E-state index contributed by atoms with van der Waals surface area (Å²) in [5, 5.41) is 11.4. The summed E-state index contributed by atoms with van der Waals surface area (Å²) in [7, 11) is 1.62. The van der Waals surface area contributed by atoms with Crippen LogP contribution in [0.1, 0.15) is 29.0 Å². The lowest BCUT2D eigenvalue weighted by molar-refractivity contribution is -0.135. The van der Waals surface area contributed by atoms with Crippen molar-refractivity contribution in [2.45, 2.75) is 25.8 Å². The second-order valence-electron chi connectivity index (χ2n) is 7.44. The molecule has 1 aromatic heterocycles. The number of nitrogens with zero attached hydrogens (tertiary/aromatic N) is 5. The summed E-state index contributed by atoms with van der Waals surface area (Å²) in [6.07, 6.45) is 1.80. The molecular formula is C20H27ClN6O3. The van der Waals surface area contributed by atoms with E-state index in [2.05, 4.69) is 15.6 Å². The van der Waals surface area contributed by atoms with Crippen LogP contribution in [0, 0.1) is 6.92 Å². The molecule has 2 aromatic rings. The maximum absolute atomic E-state index is 13.1. The highest BCUT2D eigenvalue weighted by Crippen LogP contribution is 2.21. The second kappa shape index (κ2) is 9.44. The fourth-order valence-corrected chi connectivity index (χ4v) is 4.05. The summed E-state index contributed by atoms with van der Waals surface area (Å²) in [6, 6.07) is 7.51. The Bertz CT molecular complexity index is 900. The van der Waals surface area contributed by atoms with Crippen LogP contribution < -0.4 is 10.1 Å². The number of halogens is 1. The number of piperazine rings is 1. The molecule has 3 heterocycles. The maximum Gasteiger partial charge on any atom is 0.276 e. The third-order valence-corrected chi connectivity index (χ3v) is 5.66. The minimum atomic E-state index is -0.130. The number of piperidine rings is 1.